The Labute approximate surface area is 154 Å². The summed E-state index contributed by atoms with van der Waals surface area (Å²) in [5.41, 5.74) is 4.45. The SMILES string of the molecule is O=C(Cc1ccc[nH]1)N1CCN(C(=O)c2ccc3c(c2)CCCC3)CC1. The molecule has 1 aliphatic heterocycles. The first-order chi connectivity index (χ1) is 12.7. The number of aryl methyl sites for hydroxylation is 2. The number of benzene rings is 1. The Balaban J connectivity index is 1.35. The lowest BCUT2D eigenvalue weighted by molar-refractivity contribution is -0.132. The highest BCUT2D eigenvalue weighted by atomic mass is 16.2. The quantitative estimate of drug-likeness (QED) is 0.923. The van der Waals surface area contributed by atoms with Gasteiger partial charge in [-0.05, 0) is 61.1 Å². The van der Waals surface area contributed by atoms with E-state index in [9.17, 15) is 9.59 Å². The van der Waals surface area contributed by atoms with Crippen LogP contribution in [0, 0.1) is 0 Å². The molecule has 0 saturated carbocycles. The molecule has 1 aromatic carbocycles. The zero-order chi connectivity index (χ0) is 17.9. The van der Waals surface area contributed by atoms with Crippen molar-refractivity contribution < 1.29 is 9.59 Å². The Morgan fingerprint density at radius 1 is 0.923 bits per heavy atom. The minimum atomic E-state index is 0.0924. The van der Waals surface area contributed by atoms with E-state index >= 15 is 0 Å². The van der Waals surface area contributed by atoms with E-state index in [1.165, 1.54) is 24.0 Å². The summed E-state index contributed by atoms with van der Waals surface area (Å²) < 4.78 is 0. The standard InChI is InChI=1S/C21H25N3O2/c25-20(15-19-6-3-9-22-19)23-10-12-24(13-11-23)21(26)18-8-7-16-4-1-2-5-17(16)14-18/h3,6-9,14,22H,1-2,4-5,10-13,15H2. The van der Waals surface area contributed by atoms with Crippen LogP contribution in [0.5, 0.6) is 0 Å². The van der Waals surface area contributed by atoms with Crippen molar-refractivity contribution in [3.05, 3.63) is 58.9 Å². The van der Waals surface area contributed by atoms with Crippen LogP contribution < -0.4 is 0 Å². The van der Waals surface area contributed by atoms with Gasteiger partial charge in [0.1, 0.15) is 0 Å². The van der Waals surface area contributed by atoms with Crippen LogP contribution in [0.4, 0.5) is 0 Å². The third-order valence-corrected chi connectivity index (χ3v) is 5.52. The van der Waals surface area contributed by atoms with Gasteiger partial charge < -0.3 is 14.8 Å². The number of rotatable bonds is 3. The summed E-state index contributed by atoms with van der Waals surface area (Å²) in [6.07, 6.45) is 6.90. The van der Waals surface area contributed by atoms with Gasteiger partial charge in [-0.15, -0.1) is 0 Å². The normalized spacial score (nSPS) is 17.1. The fraction of sp³-hybridized carbons (Fsp3) is 0.429. The summed E-state index contributed by atoms with van der Waals surface area (Å²) in [4.78, 5) is 32.0. The molecule has 136 valence electrons. The highest BCUT2D eigenvalue weighted by molar-refractivity contribution is 5.94. The van der Waals surface area contributed by atoms with Crippen molar-refractivity contribution in [2.75, 3.05) is 26.2 Å². The van der Waals surface area contributed by atoms with Crippen molar-refractivity contribution in [2.24, 2.45) is 0 Å². The number of aromatic amines is 1. The molecule has 1 N–H and O–H groups in total. The van der Waals surface area contributed by atoms with E-state index in [2.05, 4.69) is 17.1 Å². The molecule has 1 aromatic heterocycles. The van der Waals surface area contributed by atoms with Crippen LogP contribution in [-0.2, 0) is 24.1 Å². The van der Waals surface area contributed by atoms with Gasteiger partial charge in [-0.3, -0.25) is 9.59 Å². The number of H-pyrrole nitrogens is 1. The van der Waals surface area contributed by atoms with Crippen molar-refractivity contribution >= 4 is 11.8 Å². The summed E-state index contributed by atoms with van der Waals surface area (Å²) >= 11 is 0. The summed E-state index contributed by atoms with van der Waals surface area (Å²) in [5.74, 6) is 0.211. The number of carbonyl (C=O) groups excluding carboxylic acids is 2. The molecular formula is C21H25N3O2. The van der Waals surface area contributed by atoms with E-state index in [1.54, 1.807) is 0 Å². The fourth-order valence-corrected chi connectivity index (χ4v) is 3.96. The molecular weight excluding hydrogens is 326 g/mol. The minimum absolute atomic E-state index is 0.0924. The molecule has 1 aliphatic carbocycles. The van der Waals surface area contributed by atoms with Crippen molar-refractivity contribution in [3.8, 4) is 0 Å². The van der Waals surface area contributed by atoms with E-state index in [-0.39, 0.29) is 11.8 Å². The molecule has 0 spiro atoms. The Kier molecular flexibility index (Phi) is 4.78. The maximum Gasteiger partial charge on any atom is 0.253 e. The average Bonchev–Trinajstić information content (AvgIpc) is 3.20. The van der Waals surface area contributed by atoms with E-state index in [4.69, 9.17) is 0 Å². The highest BCUT2D eigenvalue weighted by Gasteiger charge is 2.25. The van der Waals surface area contributed by atoms with Gasteiger partial charge in [-0.2, -0.15) is 0 Å². The van der Waals surface area contributed by atoms with Crippen molar-refractivity contribution in [3.63, 3.8) is 0 Å². The summed E-state index contributed by atoms with van der Waals surface area (Å²) in [5, 5.41) is 0. The molecule has 2 aromatic rings. The molecule has 0 unspecified atom stereocenters. The molecule has 2 aliphatic rings. The van der Waals surface area contributed by atoms with Gasteiger partial charge in [0.25, 0.3) is 5.91 Å². The van der Waals surface area contributed by atoms with Crippen LogP contribution in [0.1, 0.15) is 40.0 Å². The Morgan fingerprint density at radius 2 is 1.65 bits per heavy atom. The monoisotopic (exact) mass is 351 g/mol. The number of hydrogen-bond donors (Lipinski definition) is 1. The number of carbonyl (C=O) groups is 2. The third-order valence-electron chi connectivity index (χ3n) is 5.52. The van der Waals surface area contributed by atoms with E-state index < -0.39 is 0 Å². The van der Waals surface area contributed by atoms with Crippen molar-refractivity contribution in [1.29, 1.82) is 0 Å². The van der Waals surface area contributed by atoms with Gasteiger partial charge in [0.2, 0.25) is 5.91 Å². The fourth-order valence-electron chi connectivity index (χ4n) is 3.96. The van der Waals surface area contributed by atoms with Crippen LogP contribution >= 0.6 is 0 Å². The van der Waals surface area contributed by atoms with Gasteiger partial charge in [-0.1, -0.05) is 6.07 Å². The summed E-state index contributed by atoms with van der Waals surface area (Å²) in [6, 6.07) is 10.00. The molecule has 2 heterocycles. The molecule has 5 heteroatoms. The second-order valence-electron chi connectivity index (χ2n) is 7.24. The van der Waals surface area contributed by atoms with Crippen LogP contribution in [0.25, 0.3) is 0 Å². The Bertz CT molecular complexity index is 790. The molecule has 1 fully saturated rings. The maximum absolute atomic E-state index is 12.8. The van der Waals surface area contributed by atoms with Gasteiger partial charge >= 0.3 is 0 Å². The topological polar surface area (TPSA) is 56.4 Å². The number of amides is 2. The van der Waals surface area contributed by atoms with Gasteiger partial charge in [0.15, 0.2) is 0 Å². The number of nitrogens with zero attached hydrogens (tertiary/aromatic N) is 2. The number of nitrogens with one attached hydrogen (secondary N) is 1. The summed E-state index contributed by atoms with van der Waals surface area (Å²) in [7, 11) is 0. The second kappa shape index (κ2) is 7.36. The third kappa shape index (κ3) is 3.52. The molecule has 1 saturated heterocycles. The molecule has 0 bridgehead atoms. The zero-order valence-electron chi connectivity index (χ0n) is 15.0. The van der Waals surface area contributed by atoms with E-state index in [0.717, 1.165) is 24.1 Å². The lowest BCUT2D eigenvalue weighted by Gasteiger charge is -2.35. The maximum atomic E-state index is 12.8. The lowest BCUT2D eigenvalue weighted by atomic mass is 9.90. The molecule has 2 amide bonds. The number of aromatic nitrogens is 1. The largest absolute Gasteiger partial charge is 0.365 e. The van der Waals surface area contributed by atoms with Crippen molar-refractivity contribution in [1.82, 2.24) is 14.8 Å². The zero-order valence-corrected chi connectivity index (χ0v) is 15.0. The molecule has 4 rings (SSSR count). The molecule has 0 atom stereocenters. The second-order valence-corrected chi connectivity index (χ2v) is 7.24. The predicted molar refractivity (Wildman–Crippen MR) is 100 cm³/mol. The molecule has 5 nitrogen and oxygen atoms in total. The van der Waals surface area contributed by atoms with Crippen LogP contribution in [0.15, 0.2) is 36.5 Å². The van der Waals surface area contributed by atoms with Crippen LogP contribution in [-0.4, -0.2) is 52.8 Å². The van der Waals surface area contributed by atoms with E-state index in [1.807, 2.05) is 34.2 Å². The first kappa shape index (κ1) is 16.9. The first-order valence-electron chi connectivity index (χ1n) is 9.52. The Hall–Kier alpha value is -2.56. The molecule has 26 heavy (non-hydrogen) atoms. The summed E-state index contributed by atoms with van der Waals surface area (Å²) in [6.45, 7) is 2.42. The van der Waals surface area contributed by atoms with Gasteiger partial charge in [0.05, 0.1) is 6.42 Å². The van der Waals surface area contributed by atoms with Gasteiger partial charge in [-0.25, -0.2) is 0 Å². The van der Waals surface area contributed by atoms with Crippen LogP contribution in [0.2, 0.25) is 0 Å². The van der Waals surface area contributed by atoms with Crippen LogP contribution in [0.3, 0.4) is 0 Å². The predicted octanol–water partition coefficient (Wildman–Crippen LogP) is 2.42. The van der Waals surface area contributed by atoms with Crippen molar-refractivity contribution in [2.45, 2.75) is 32.1 Å². The molecule has 0 radical (unpaired) electrons. The van der Waals surface area contributed by atoms with E-state index in [0.29, 0.717) is 32.6 Å². The minimum Gasteiger partial charge on any atom is -0.365 e. The smallest absolute Gasteiger partial charge is 0.253 e. The highest BCUT2D eigenvalue weighted by Crippen LogP contribution is 2.23. The number of hydrogen-bond acceptors (Lipinski definition) is 2. The number of piperazine rings is 1. The first-order valence-corrected chi connectivity index (χ1v) is 9.52. The Morgan fingerprint density at radius 3 is 2.38 bits per heavy atom. The lowest BCUT2D eigenvalue weighted by Crippen LogP contribution is -2.51. The number of fused-ring (bicyclic) bond motifs is 1. The van der Waals surface area contributed by atoms with Gasteiger partial charge in [0, 0.05) is 43.6 Å². The average molecular weight is 351 g/mol.